The molecule has 21 heavy (non-hydrogen) atoms. The van der Waals surface area contributed by atoms with Gasteiger partial charge < -0.3 is 14.8 Å². The summed E-state index contributed by atoms with van der Waals surface area (Å²) in [6, 6.07) is 6.86. The van der Waals surface area contributed by atoms with Crippen molar-refractivity contribution in [3.05, 3.63) is 23.8 Å². The maximum atomic E-state index is 5.50. The monoisotopic (exact) mass is 312 g/mol. The molecule has 0 spiro atoms. The molecule has 1 N–H and O–H groups in total. The van der Waals surface area contributed by atoms with Crippen LogP contribution in [0, 0.1) is 5.92 Å². The van der Waals surface area contributed by atoms with Gasteiger partial charge in [-0.2, -0.15) is 0 Å². The lowest BCUT2D eigenvalue weighted by Gasteiger charge is -2.35. The smallest absolute Gasteiger partial charge is 0.127 e. The topological polar surface area (TPSA) is 33.7 Å². The summed E-state index contributed by atoms with van der Waals surface area (Å²) in [6.07, 6.45) is 2.59. The lowest BCUT2D eigenvalue weighted by atomic mass is 9.93. The van der Waals surface area contributed by atoms with Crippen molar-refractivity contribution >= 4 is 12.4 Å². The Morgan fingerprint density at radius 3 is 2.86 bits per heavy atom. The molecule has 1 aromatic rings. The number of benzene rings is 1. The molecule has 118 valence electrons. The Morgan fingerprint density at radius 1 is 1.24 bits per heavy atom. The first-order valence-corrected chi connectivity index (χ1v) is 7.47. The molecule has 0 radical (unpaired) electrons. The fourth-order valence-corrected chi connectivity index (χ4v) is 3.49. The Bertz CT molecular complexity index is 470. The third kappa shape index (κ3) is 3.62. The maximum Gasteiger partial charge on any atom is 0.127 e. The van der Waals surface area contributed by atoms with Crippen LogP contribution in [-0.4, -0.2) is 44.8 Å². The van der Waals surface area contributed by atoms with Gasteiger partial charge in [0.25, 0.3) is 0 Å². The van der Waals surface area contributed by atoms with Gasteiger partial charge >= 0.3 is 0 Å². The summed E-state index contributed by atoms with van der Waals surface area (Å²) < 4.78 is 10.8. The van der Waals surface area contributed by atoms with E-state index >= 15 is 0 Å². The van der Waals surface area contributed by atoms with Crippen LogP contribution in [0.15, 0.2) is 18.2 Å². The molecule has 0 saturated carbocycles. The van der Waals surface area contributed by atoms with Crippen LogP contribution in [0.5, 0.6) is 11.5 Å². The summed E-state index contributed by atoms with van der Waals surface area (Å²) in [5.74, 6) is 2.60. The van der Waals surface area contributed by atoms with Crippen LogP contribution in [-0.2, 0) is 6.54 Å². The van der Waals surface area contributed by atoms with Crippen molar-refractivity contribution in [3.63, 3.8) is 0 Å². The first-order valence-electron chi connectivity index (χ1n) is 7.47. The fraction of sp³-hybridized carbons (Fsp3) is 0.625. The number of likely N-dealkylation sites (tertiary alicyclic amines) is 1. The molecule has 2 atom stereocenters. The highest BCUT2D eigenvalue weighted by molar-refractivity contribution is 5.85. The van der Waals surface area contributed by atoms with Gasteiger partial charge in [-0.05, 0) is 37.9 Å². The van der Waals surface area contributed by atoms with Crippen molar-refractivity contribution in [2.45, 2.75) is 25.4 Å². The predicted octanol–water partition coefficient (Wildman–Crippen LogP) is 2.31. The second kappa shape index (κ2) is 7.34. The number of halogens is 1. The number of hydrogen-bond donors (Lipinski definition) is 1. The molecule has 2 aliphatic heterocycles. The molecule has 3 rings (SSSR count). The van der Waals surface area contributed by atoms with Crippen molar-refractivity contribution < 1.29 is 9.47 Å². The lowest BCUT2D eigenvalue weighted by Crippen LogP contribution is -2.43. The Kier molecular flexibility index (Phi) is 5.73. The molecule has 2 saturated heterocycles. The Labute approximate surface area is 133 Å². The van der Waals surface area contributed by atoms with Crippen molar-refractivity contribution in [1.29, 1.82) is 0 Å². The van der Waals surface area contributed by atoms with Gasteiger partial charge in [0.2, 0.25) is 0 Å². The van der Waals surface area contributed by atoms with Crippen LogP contribution in [0.3, 0.4) is 0 Å². The van der Waals surface area contributed by atoms with Gasteiger partial charge in [0.05, 0.1) is 14.2 Å². The van der Waals surface area contributed by atoms with E-state index in [0.717, 1.165) is 30.0 Å². The molecule has 2 fully saturated rings. The van der Waals surface area contributed by atoms with Crippen molar-refractivity contribution in [2.75, 3.05) is 33.9 Å². The highest BCUT2D eigenvalue weighted by atomic mass is 35.5. The highest BCUT2D eigenvalue weighted by Gasteiger charge is 2.32. The van der Waals surface area contributed by atoms with Gasteiger partial charge in [-0.25, -0.2) is 0 Å². The van der Waals surface area contributed by atoms with E-state index in [4.69, 9.17) is 9.47 Å². The minimum atomic E-state index is 0. The van der Waals surface area contributed by atoms with Crippen LogP contribution >= 0.6 is 12.4 Å². The van der Waals surface area contributed by atoms with Crippen molar-refractivity contribution in [1.82, 2.24) is 10.2 Å². The number of hydrogen-bond acceptors (Lipinski definition) is 4. The molecule has 5 heteroatoms. The minimum Gasteiger partial charge on any atom is -0.497 e. The molecule has 1 aromatic carbocycles. The van der Waals surface area contributed by atoms with Crippen molar-refractivity contribution in [3.8, 4) is 11.5 Å². The van der Waals surface area contributed by atoms with Gasteiger partial charge in [0, 0.05) is 30.8 Å². The zero-order valence-electron chi connectivity index (χ0n) is 12.8. The highest BCUT2D eigenvalue weighted by Crippen LogP contribution is 2.29. The normalized spacial score (nSPS) is 25.0. The van der Waals surface area contributed by atoms with Crippen LogP contribution in [0.1, 0.15) is 18.4 Å². The van der Waals surface area contributed by atoms with Crippen molar-refractivity contribution in [2.24, 2.45) is 5.92 Å². The van der Waals surface area contributed by atoms with Crippen LogP contribution < -0.4 is 14.8 Å². The average molecular weight is 313 g/mol. The maximum absolute atomic E-state index is 5.50. The quantitative estimate of drug-likeness (QED) is 0.925. The van der Waals surface area contributed by atoms with Gasteiger partial charge in [-0.3, -0.25) is 4.90 Å². The molecule has 2 aliphatic rings. The summed E-state index contributed by atoms with van der Waals surface area (Å²) in [7, 11) is 3.41. The standard InChI is InChI=1S/C16H24N2O2.ClH/c1-19-14-4-3-13(16(9-14)20-2)11-18-8-6-15-12(10-18)5-7-17-15;/h3-4,9,12,15,17H,5-8,10-11H2,1-2H3;1H. The van der Waals surface area contributed by atoms with Crippen LogP contribution in [0.4, 0.5) is 0 Å². The van der Waals surface area contributed by atoms with Crippen LogP contribution in [0.2, 0.25) is 0 Å². The summed E-state index contributed by atoms with van der Waals surface area (Å²) in [6.45, 7) is 4.53. The minimum absolute atomic E-state index is 0. The van der Waals surface area contributed by atoms with E-state index < -0.39 is 0 Å². The number of rotatable bonds is 4. The van der Waals surface area contributed by atoms with Gasteiger partial charge in [0.15, 0.2) is 0 Å². The summed E-state index contributed by atoms with van der Waals surface area (Å²) in [4.78, 5) is 2.55. The Hall–Kier alpha value is -0.970. The van der Waals surface area contributed by atoms with Gasteiger partial charge in [-0.1, -0.05) is 6.07 Å². The number of methoxy groups -OCH3 is 2. The van der Waals surface area contributed by atoms with E-state index in [1.54, 1.807) is 14.2 Å². The SMILES string of the molecule is COc1ccc(CN2CCC3NCCC3C2)c(OC)c1.Cl. The van der Waals surface area contributed by atoms with Gasteiger partial charge in [0.1, 0.15) is 11.5 Å². The van der Waals surface area contributed by atoms with E-state index in [9.17, 15) is 0 Å². The van der Waals surface area contributed by atoms with E-state index in [0.29, 0.717) is 0 Å². The number of nitrogens with zero attached hydrogens (tertiary/aromatic N) is 1. The molecular formula is C16H25ClN2O2. The van der Waals surface area contributed by atoms with Gasteiger partial charge in [-0.15, -0.1) is 12.4 Å². The third-order valence-electron chi connectivity index (χ3n) is 4.63. The molecular weight excluding hydrogens is 288 g/mol. The zero-order chi connectivity index (χ0) is 13.9. The molecule has 2 heterocycles. The van der Waals surface area contributed by atoms with E-state index in [-0.39, 0.29) is 12.4 Å². The predicted molar refractivity (Wildman–Crippen MR) is 86.6 cm³/mol. The van der Waals surface area contributed by atoms with E-state index in [1.807, 2.05) is 12.1 Å². The Balaban J connectivity index is 0.00000161. The number of piperidine rings is 1. The summed E-state index contributed by atoms with van der Waals surface area (Å²) in [5, 5.41) is 3.61. The largest absolute Gasteiger partial charge is 0.497 e. The summed E-state index contributed by atoms with van der Waals surface area (Å²) >= 11 is 0. The number of fused-ring (bicyclic) bond motifs is 1. The molecule has 0 aliphatic carbocycles. The molecule has 0 amide bonds. The molecule has 2 unspecified atom stereocenters. The first kappa shape index (κ1) is 16.4. The number of nitrogens with one attached hydrogen (secondary N) is 1. The van der Waals surface area contributed by atoms with E-state index in [2.05, 4.69) is 16.3 Å². The third-order valence-corrected chi connectivity index (χ3v) is 4.63. The second-order valence-electron chi connectivity index (χ2n) is 5.81. The Morgan fingerprint density at radius 2 is 2.10 bits per heavy atom. The van der Waals surface area contributed by atoms with Crippen LogP contribution in [0.25, 0.3) is 0 Å². The van der Waals surface area contributed by atoms with E-state index in [1.165, 1.54) is 38.0 Å². The molecule has 4 nitrogen and oxygen atoms in total. The first-order chi connectivity index (χ1) is 9.80. The second-order valence-corrected chi connectivity index (χ2v) is 5.81. The molecule has 0 aromatic heterocycles. The fourth-order valence-electron chi connectivity index (χ4n) is 3.49. The average Bonchev–Trinajstić information content (AvgIpc) is 2.95. The number of ether oxygens (including phenoxy) is 2. The summed E-state index contributed by atoms with van der Waals surface area (Å²) in [5.41, 5.74) is 1.25. The lowest BCUT2D eigenvalue weighted by molar-refractivity contribution is 0.154. The zero-order valence-corrected chi connectivity index (χ0v) is 13.6. The molecule has 0 bridgehead atoms.